The molecule has 138 valence electrons. The first-order valence-electron chi connectivity index (χ1n) is 6.94. The number of halogens is 5. The first kappa shape index (κ1) is 20.3. The van der Waals surface area contributed by atoms with Gasteiger partial charge in [-0.15, -0.1) is 0 Å². The lowest BCUT2D eigenvalue weighted by Gasteiger charge is -2.14. The summed E-state index contributed by atoms with van der Waals surface area (Å²) in [5.74, 6) is -0.327. The van der Waals surface area contributed by atoms with Crippen molar-refractivity contribution in [3.63, 3.8) is 0 Å². The fourth-order valence-electron chi connectivity index (χ4n) is 1.97. The molecule has 4 nitrogen and oxygen atoms in total. The summed E-state index contributed by atoms with van der Waals surface area (Å²) in [6.45, 7) is 0. The first-order chi connectivity index (χ1) is 12.1. The van der Waals surface area contributed by atoms with Gasteiger partial charge < -0.3 is 10.1 Å². The van der Waals surface area contributed by atoms with Crippen molar-refractivity contribution in [2.24, 2.45) is 0 Å². The smallest absolute Gasteiger partial charge is 0.416 e. The standard InChI is InChI=1S/C16H11Cl2F3N2O2S/c1-25-13-5-3-9(17)7-10(13)14(24)23-15(26)22-12-4-2-8(6-11(12)18)16(19,20)21/h2-7H,1H3,(H2,22,23,24,26). The van der Waals surface area contributed by atoms with Crippen LogP contribution in [0.3, 0.4) is 0 Å². The molecule has 2 N–H and O–H groups in total. The summed E-state index contributed by atoms with van der Waals surface area (Å²) in [6.07, 6.45) is -4.51. The number of methoxy groups -OCH3 is 1. The van der Waals surface area contributed by atoms with Crippen molar-refractivity contribution >= 4 is 52.1 Å². The summed E-state index contributed by atoms with van der Waals surface area (Å²) >= 11 is 16.7. The Kier molecular flexibility index (Phi) is 6.33. The van der Waals surface area contributed by atoms with Gasteiger partial charge in [0.05, 0.1) is 28.9 Å². The number of anilines is 1. The van der Waals surface area contributed by atoms with Crippen molar-refractivity contribution < 1.29 is 22.7 Å². The Morgan fingerprint density at radius 2 is 1.85 bits per heavy atom. The SMILES string of the molecule is COc1ccc(Cl)cc1C(=O)NC(=S)Nc1ccc(C(F)(F)F)cc1Cl. The van der Waals surface area contributed by atoms with Gasteiger partial charge in [-0.3, -0.25) is 10.1 Å². The Labute approximate surface area is 162 Å². The van der Waals surface area contributed by atoms with Gasteiger partial charge in [-0.05, 0) is 48.6 Å². The summed E-state index contributed by atoms with van der Waals surface area (Å²) in [7, 11) is 1.39. The van der Waals surface area contributed by atoms with E-state index in [0.29, 0.717) is 5.02 Å². The van der Waals surface area contributed by atoms with Crippen LogP contribution in [0.5, 0.6) is 5.75 Å². The minimum atomic E-state index is -4.51. The summed E-state index contributed by atoms with van der Waals surface area (Å²) in [4.78, 5) is 12.3. The molecule has 0 aliphatic rings. The number of carbonyl (C=O) groups excluding carboxylic acids is 1. The fourth-order valence-corrected chi connectivity index (χ4v) is 2.58. The monoisotopic (exact) mass is 422 g/mol. The second kappa shape index (κ2) is 8.11. The Morgan fingerprint density at radius 1 is 1.15 bits per heavy atom. The molecule has 1 amide bonds. The van der Waals surface area contributed by atoms with Gasteiger partial charge in [-0.1, -0.05) is 23.2 Å². The zero-order chi connectivity index (χ0) is 19.5. The van der Waals surface area contributed by atoms with Gasteiger partial charge in [-0.2, -0.15) is 13.2 Å². The third kappa shape index (κ3) is 5.00. The molecule has 0 atom stereocenters. The average Bonchev–Trinajstić information content (AvgIpc) is 2.55. The van der Waals surface area contributed by atoms with Crippen molar-refractivity contribution in [2.45, 2.75) is 6.18 Å². The summed E-state index contributed by atoms with van der Waals surface area (Å²) in [5.41, 5.74) is -0.641. The molecule has 0 bridgehead atoms. The van der Waals surface area contributed by atoms with E-state index in [1.807, 2.05) is 0 Å². The summed E-state index contributed by atoms with van der Waals surface area (Å²) < 4.78 is 43.0. The highest BCUT2D eigenvalue weighted by molar-refractivity contribution is 7.80. The maximum atomic E-state index is 12.6. The molecule has 26 heavy (non-hydrogen) atoms. The molecular formula is C16H11Cl2F3N2O2S. The van der Waals surface area contributed by atoms with Crippen LogP contribution in [-0.2, 0) is 6.18 Å². The maximum absolute atomic E-state index is 12.6. The van der Waals surface area contributed by atoms with E-state index in [9.17, 15) is 18.0 Å². The number of carbonyl (C=O) groups is 1. The van der Waals surface area contributed by atoms with E-state index in [1.54, 1.807) is 6.07 Å². The zero-order valence-corrected chi connectivity index (χ0v) is 15.4. The van der Waals surface area contributed by atoms with E-state index in [1.165, 1.54) is 19.2 Å². The third-order valence-corrected chi connectivity index (χ3v) is 3.93. The van der Waals surface area contributed by atoms with Gasteiger partial charge in [0, 0.05) is 5.02 Å². The minimum Gasteiger partial charge on any atom is -0.496 e. The number of alkyl halides is 3. The lowest BCUT2D eigenvalue weighted by Crippen LogP contribution is -2.34. The van der Waals surface area contributed by atoms with Crippen molar-refractivity contribution in [2.75, 3.05) is 12.4 Å². The van der Waals surface area contributed by atoms with Crippen molar-refractivity contribution in [3.8, 4) is 5.75 Å². The molecule has 10 heteroatoms. The Balaban J connectivity index is 2.12. The van der Waals surface area contributed by atoms with E-state index >= 15 is 0 Å². The van der Waals surface area contributed by atoms with E-state index in [-0.39, 0.29) is 27.1 Å². The van der Waals surface area contributed by atoms with Gasteiger partial charge in [0.1, 0.15) is 5.75 Å². The third-order valence-electron chi connectivity index (χ3n) is 3.18. The van der Waals surface area contributed by atoms with Crippen LogP contribution in [0, 0.1) is 0 Å². The van der Waals surface area contributed by atoms with Crippen molar-refractivity contribution in [3.05, 3.63) is 57.6 Å². The maximum Gasteiger partial charge on any atom is 0.416 e. The quantitative estimate of drug-likeness (QED) is 0.671. The summed E-state index contributed by atoms with van der Waals surface area (Å²) in [5, 5.41) is 4.92. The van der Waals surface area contributed by atoms with E-state index < -0.39 is 17.6 Å². The number of benzene rings is 2. The molecule has 0 fully saturated rings. The summed E-state index contributed by atoms with van der Waals surface area (Å²) in [6, 6.07) is 7.18. The Bertz CT molecular complexity index is 860. The van der Waals surface area contributed by atoms with Crippen LogP contribution in [0.2, 0.25) is 10.0 Å². The topological polar surface area (TPSA) is 50.4 Å². The largest absolute Gasteiger partial charge is 0.496 e. The molecule has 0 aromatic heterocycles. The second-order valence-electron chi connectivity index (χ2n) is 4.95. The molecule has 0 saturated heterocycles. The van der Waals surface area contributed by atoms with Crippen LogP contribution in [0.4, 0.5) is 18.9 Å². The van der Waals surface area contributed by atoms with Gasteiger partial charge in [-0.25, -0.2) is 0 Å². The molecule has 0 aliphatic heterocycles. The highest BCUT2D eigenvalue weighted by Crippen LogP contribution is 2.33. The molecule has 2 rings (SSSR count). The molecule has 0 radical (unpaired) electrons. The second-order valence-corrected chi connectivity index (χ2v) is 6.20. The first-order valence-corrected chi connectivity index (χ1v) is 8.11. The zero-order valence-electron chi connectivity index (χ0n) is 13.1. The van der Waals surface area contributed by atoms with E-state index in [2.05, 4.69) is 10.6 Å². The normalized spacial score (nSPS) is 11.0. The number of amides is 1. The Morgan fingerprint density at radius 3 is 2.42 bits per heavy atom. The molecule has 2 aromatic rings. The number of nitrogens with one attached hydrogen (secondary N) is 2. The average molecular weight is 423 g/mol. The molecule has 0 saturated carbocycles. The van der Waals surface area contributed by atoms with Crippen LogP contribution >= 0.6 is 35.4 Å². The van der Waals surface area contributed by atoms with Crippen LogP contribution in [0.25, 0.3) is 0 Å². The highest BCUT2D eigenvalue weighted by Gasteiger charge is 2.31. The Hall–Kier alpha value is -2.03. The van der Waals surface area contributed by atoms with Crippen molar-refractivity contribution in [1.82, 2.24) is 5.32 Å². The van der Waals surface area contributed by atoms with Crippen LogP contribution in [0.1, 0.15) is 15.9 Å². The predicted molar refractivity (Wildman–Crippen MR) is 98.1 cm³/mol. The number of ether oxygens (including phenoxy) is 1. The fraction of sp³-hybridized carbons (Fsp3) is 0.125. The number of hydrogen-bond donors (Lipinski definition) is 2. The number of rotatable bonds is 3. The molecule has 2 aromatic carbocycles. The minimum absolute atomic E-state index is 0.114. The molecule has 0 spiro atoms. The van der Waals surface area contributed by atoms with Gasteiger partial charge in [0.15, 0.2) is 5.11 Å². The van der Waals surface area contributed by atoms with Crippen LogP contribution < -0.4 is 15.4 Å². The van der Waals surface area contributed by atoms with Gasteiger partial charge >= 0.3 is 6.18 Å². The molecule has 0 unspecified atom stereocenters. The lowest BCUT2D eigenvalue weighted by molar-refractivity contribution is -0.137. The van der Waals surface area contributed by atoms with E-state index in [4.69, 9.17) is 40.2 Å². The lowest BCUT2D eigenvalue weighted by atomic mass is 10.2. The molecule has 0 aliphatic carbocycles. The van der Waals surface area contributed by atoms with Crippen LogP contribution in [-0.4, -0.2) is 18.1 Å². The highest BCUT2D eigenvalue weighted by atomic mass is 35.5. The number of thiocarbonyl (C=S) groups is 1. The van der Waals surface area contributed by atoms with Crippen LogP contribution in [0.15, 0.2) is 36.4 Å². The van der Waals surface area contributed by atoms with Gasteiger partial charge in [0.2, 0.25) is 0 Å². The number of hydrogen-bond acceptors (Lipinski definition) is 3. The van der Waals surface area contributed by atoms with Gasteiger partial charge in [0.25, 0.3) is 5.91 Å². The van der Waals surface area contributed by atoms with Crippen molar-refractivity contribution in [1.29, 1.82) is 0 Å². The molecular weight excluding hydrogens is 412 g/mol. The predicted octanol–water partition coefficient (Wildman–Crippen LogP) is 5.15. The molecule has 0 heterocycles. The van der Waals surface area contributed by atoms with E-state index in [0.717, 1.165) is 18.2 Å².